The van der Waals surface area contributed by atoms with Crippen molar-refractivity contribution in [3.8, 4) is 11.3 Å². The lowest BCUT2D eigenvalue weighted by Crippen LogP contribution is -2.06. The van der Waals surface area contributed by atoms with Crippen molar-refractivity contribution >= 4 is 0 Å². The Morgan fingerprint density at radius 1 is 0.913 bits per heavy atom. The molecule has 3 rings (SSSR count). The molecule has 4 heteroatoms. The molecular formula is C19H15F3O. The molecular weight excluding hydrogens is 301 g/mol. The van der Waals surface area contributed by atoms with E-state index in [4.69, 9.17) is 4.42 Å². The molecule has 0 unspecified atom stereocenters. The van der Waals surface area contributed by atoms with Crippen molar-refractivity contribution in [2.24, 2.45) is 0 Å². The molecule has 0 fully saturated rings. The molecule has 1 aromatic heterocycles. The highest BCUT2D eigenvalue weighted by molar-refractivity contribution is 5.59. The van der Waals surface area contributed by atoms with Gasteiger partial charge in [0, 0.05) is 17.5 Å². The molecule has 2 aromatic carbocycles. The van der Waals surface area contributed by atoms with Crippen LogP contribution in [0, 0.1) is 6.92 Å². The molecule has 0 saturated carbocycles. The molecule has 0 aliphatic carbocycles. The third-order valence-electron chi connectivity index (χ3n) is 3.64. The Balaban J connectivity index is 2.01. The van der Waals surface area contributed by atoms with Gasteiger partial charge in [-0.2, -0.15) is 13.2 Å². The van der Waals surface area contributed by atoms with Gasteiger partial charge in [0.25, 0.3) is 0 Å². The quantitative estimate of drug-likeness (QED) is 0.589. The molecule has 0 bridgehead atoms. The van der Waals surface area contributed by atoms with E-state index in [1.165, 1.54) is 6.07 Å². The first-order chi connectivity index (χ1) is 10.9. The van der Waals surface area contributed by atoms with Gasteiger partial charge in [0.05, 0.1) is 0 Å². The Bertz CT molecular complexity index is 784. The molecule has 0 atom stereocenters. The van der Waals surface area contributed by atoms with Crippen molar-refractivity contribution < 1.29 is 17.6 Å². The predicted molar refractivity (Wildman–Crippen MR) is 83.1 cm³/mol. The van der Waals surface area contributed by atoms with Crippen LogP contribution >= 0.6 is 0 Å². The molecule has 0 aliphatic heterocycles. The van der Waals surface area contributed by atoms with Gasteiger partial charge >= 0.3 is 6.18 Å². The number of aryl methyl sites for hydroxylation is 1. The van der Waals surface area contributed by atoms with Crippen LogP contribution in [0.1, 0.15) is 22.5 Å². The fourth-order valence-corrected chi connectivity index (χ4v) is 2.47. The lowest BCUT2D eigenvalue weighted by Gasteiger charge is -2.06. The van der Waals surface area contributed by atoms with Crippen LogP contribution in [0.3, 0.4) is 0 Å². The minimum atomic E-state index is -4.51. The minimum Gasteiger partial charge on any atom is -0.451 e. The van der Waals surface area contributed by atoms with Gasteiger partial charge < -0.3 is 4.42 Å². The van der Waals surface area contributed by atoms with Crippen LogP contribution in [0.2, 0.25) is 0 Å². The largest absolute Gasteiger partial charge is 0.451 e. The number of alkyl halides is 3. The number of furan rings is 1. The van der Waals surface area contributed by atoms with Crippen LogP contribution in [-0.2, 0) is 12.6 Å². The van der Waals surface area contributed by atoms with Crippen molar-refractivity contribution in [1.82, 2.24) is 0 Å². The highest BCUT2D eigenvalue weighted by Crippen LogP contribution is 2.38. The zero-order valence-corrected chi connectivity index (χ0v) is 12.5. The maximum absolute atomic E-state index is 13.3. The lowest BCUT2D eigenvalue weighted by molar-refractivity contribution is -0.153. The highest BCUT2D eigenvalue weighted by Gasteiger charge is 2.38. The smallest absolute Gasteiger partial charge is 0.449 e. The second-order valence-corrected chi connectivity index (χ2v) is 5.49. The first-order valence-corrected chi connectivity index (χ1v) is 7.24. The van der Waals surface area contributed by atoms with Crippen molar-refractivity contribution in [2.75, 3.05) is 0 Å². The summed E-state index contributed by atoms with van der Waals surface area (Å²) in [5, 5.41) is 0. The zero-order chi connectivity index (χ0) is 16.4. The molecule has 0 aliphatic rings. The van der Waals surface area contributed by atoms with Gasteiger partial charge in [-0.15, -0.1) is 0 Å². The molecule has 0 saturated heterocycles. The standard InChI is InChI=1S/C19H15F3O/c1-13-7-9-14(10-8-13)11-16-12-17(15-5-3-2-4-6-15)23-18(16)19(20,21)22/h2-10,12H,11H2,1H3. The Kier molecular flexibility index (Phi) is 3.99. The Labute approximate surface area is 132 Å². The Morgan fingerprint density at radius 2 is 1.57 bits per heavy atom. The van der Waals surface area contributed by atoms with Crippen molar-refractivity contribution in [3.05, 3.63) is 83.1 Å². The SMILES string of the molecule is Cc1ccc(Cc2cc(-c3ccccc3)oc2C(F)(F)F)cc1. The number of halogens is 3. The number of hydrogen-bond donors (Lipinski definition) is 0. The molecule has 118 valence electrons. The summed E-state index contributed by atoms with van der Waals surface area (Å²) in [5.41, 5.74) is 2.68. The van der Waals surface area contributed by atoms with Gasteiger partial charge in [-0.3, -0.25) is 0 Å². The van der Waals surface area contributed by atoms with Crippen LogP contribution in [0.4, 0.5) is 13.2 Å². The van der Waals surface area contributed by atoms with E-state index in [9.17, 15) is 13.2 Å². The van der Waals surface area contributed by atoms with E-state index < -0.39 is 11.9 Å². The van der Waals surface area contributed by atoms with Crippen LogP contribution in [0.5, 0.6) is 0 Å². The van der Waals surface area contributed by atoms with Gasteiger partial charge in [-0.1, -0.05) is 60.2 Å². The first-order valence-electron chi connectivity index (χ1n) is 7.24. The fourth-order valence-electron chi connectivity index (χ4n) is 2.47. The zero-order valence-electron chi connectivity index (χ0n) is 12.5. The summed E-state index contributed by atoms with van der Waals surface area (Å²) in [6, 6.07) is 17.7. The molecule has 0 radical (unpaired) electrons. The number of rotatable bonds is 3. The second kappa shape index (κ2) is 5.95. The third-order valence-corrected chi connectivity index (χ3v) is 3.64. The summed E-state index contributed by atoms with van der Waals surface area (Å²) in [6.45, 7) is 1.94. The summed E-state index contributed by atoms with van der Waals surface area (Å²) in [4.78, 5) is 0. The Hall–Kier alpha value is -2.49. The summed E-state index contributed by atoms with van der Waals surface area (Å²) < 4.78 is 44.9. The fraction of sp³-hybridized carbons (Fsp3) is 0.158. The summed E-state index contributed by atoms with van der Waals surface area (Å²) >= 11 is 0. The minimum absolute atomic E-state index is 0.153. The number of hydrogen-bond acceptors (Lipinski definition) is 1. The van der Waals surface area contributed by atoms with E-state index in [1.807, 2.05) is 37.3 Å². The average molecular weight is 316 g/mol. The van der Waals surface area contributed by atoms with E-state index in [1.54, 1.807) is 24.3 Å². The maximum Gasteiger partial charge on any atom is 0.449 e. The van der Waals surface area contributed by atoms with E-state index in [0.29, 0.717) is 5.56 Å². The highest BCUT2D eigenvalue weighted by atomic mass is 19.4. The molecule has 3 aromatic rings. The average Bonchev–Trinajstić information content (AvgIpc) is 2.95. The lowest BCUT2D eigenvalue weighted by atomic mass is 10.0. The van der Waals surface area contributed by atoms with Crippen LogP contribution < -0.4 is 0 Å². The molecule has 0 N–H and O–H groups in total. The molecule has 23 heavy (non-hydrogen) atoms. The van der Waals surface area contributed by atoms with Gasteiger partial charge in [0.15, 0.2) is 0 Å². The van der Waals surface area contributed by atoms with E-state index in [2.05, 4.69) is 0 Å². The molecule has 0 spiro atoms. The van der Waals surface area contributed by atoms with Gasteiger partial charge in [0.2, 0.25) is 5.76 Å². The third kappa shape index (κ3) is 3.47. The normalized spacial score (nSPS) is 11.7. The Morgan fingerprint density at radius 3 is 2.17 bits per heavy atom. The van der Waals surface area contributed by atoms with Crippen molar-refractivity contribution in [1.29, 1.82) is 0 Å². The van der Waals surface area contributed by atoms with Crippen LogP contribution in [0.15, 0.2) is 65.1 Å². The predicted octanol–water partition coefficient (Wildman–Crippen LogP) is 5.86. The van der Waals surface area contributed by atoms with Crippen molar-refractivity contribution in [2.45, 2.75) is 19.5 Å². The van der Waals surface area contributed by atoms with Gasteiger partial charge in [-0.05, 0) is 18.6 Å². The summed E-state index contributed by atoms with van der Waals surface area (Å²) in [6.07, 6.45) is -4.32. The monoisotopic (exact) mass is 316 g/mol. The maximum atomic E-state index is 13.3. The van der Waals surface area contributed by atoms with E-state index in [-0.39, 0.29) is 17.7 Å². The topological polar surface area (TPSA) is 13.1 Å². The molecule has 1 heterocycles. The second-order valence-electron chi connectivity index (χ2n) is 5.49. The molecule has 1 nitrogen and oxygen atoms in total. The summed E-state index contributed by atoms with van der Waals surface area (Å²) in [7, 11) is 0. The summed E-state index contributed by atoms with van der Waals surface area (Å²) in [5.74, 6) is -0.683. The van der Waals surface area contributed by atoms with Gasteiger partial charge in [-0.25, -0.2) is 0 Å². The van der Waals surface area contributed by atoms with Crippen LogP contribution in [-0.4, -0.2) is 0 Å². The number of benzene rings is 2. The molecule has 0 amide bonds. The van der Waals surface area contributed by atoms with Crippen molar-refractivity contribution in [3.63, 3.8) is 0 Å². The van der Waals surface area contributed by atoms with Crippen LogP contribution in [0.25, 0.3) is 11.3 Å². The first kappa shape index (κ1) is 15.4. The van der Waals surface area contributed by atoms with Gasteiger partial charge in [0.1, 0.15) is 5.76 Å². The van der Waals surface area contributed by atoms with E-state index in [0.717, 1.165) is 11.1 Å². The van der Waals surface area contributed by atoms with E-state index >= 15 is 0 Å².